The predicted octanol–water partition coefficient (Wildman–Crippen LogP) is 4.51. The van der Waals surface area contributed by atoms with Crippen LogP contribution in [-0.4, -0.2) is 32.3 Å². The molecule has 0 atom stereocenters. The first-order valence-corrected chi connectivity index (χ1v) is 10.9. The van der Waals surface area contributed by atoms with Crippen molar-refractivity contribution in [3.63, 3.8) is 0 Å². The van der Waals surface area contributed by atoms with E-state index in [2.05, 4.69) is 20.1 Å². The van der Waals surface area contributed by atoms with Crippen molar-refractivity contribution in [2.24, 2.45) is 5.73 Å². The molecule has 1 fully saturated rings. The number of nitrogens with one attached hydrogen (secondary N) is 1. The minimum atomic E-state index is -0.640. The third kappa shape index (κ3) is 4.56. The molecule has 3 N–H and O–H groups in total. The highest BCUT2D eigenvalue weighted by molar-refractivity contribution is 7.99. The molecule has 0 saturated heterocycles. The fraction of sp³-hybridized carbons (Fsp3) is 0.333. The van der Waals surface area contributed by atoms with Crippen LogP contribution >= 0.6 is 11.8 Å². The molecule has 2 amide bonds. The lowest BCUT2D eigenvalue weighted by molar-refractivity contribution is 0.102. The average Bonchev–Trinajstić information content (AvgIpc) is 3.42. The summed E-state index contributed by atoms with van der Waals surface area (Å²) in [7, 11) is 0. The summed E-state index contributed by atoms with van der Waals surface area (Å²) in [5.41, 5.74) is 6.22. The highest BCUT2D eigenvalue weighted by Crippen LogP contribution is 2.35. The van der Waals surface area contributed by atoms with Crippen LogP contribution in [0.5, 0.6) is 0 Å². The van der Waals surface area contributed by atoms with Gasteiger partial charge in [0.1, 0.15) is 0 Å². The maximum atomic E-state index is 12.7. The summed E-state index contributed by atoms with van der Waals surface area (Å²) >= 11 is 1.38. The van der Waals surface area contributed by atoms with Crippen LogP contribution in [0.2, 0.25) is 0 Å². The zero-order valence-electron chi connectivity index (χ0n) is 16.4. The molecule has 0 spiro atoms. The number of aromatic nitrogens is 3. The summed E-state index contributed by atoms with van der Waals surface area (Å²) in [5, 5.41) is 11.9. The minimum Gasteiger partial charge on any atom is -0.461 e. The van der Waals surface area contributed by atoms with Gasteiger partial charge < -0.3 is 15.5 Å². The molecule has 1 saturated carbocycles. The molecule has 4 rings (SSSR count). The maximum Gasteiger partial charge on any atom is 0.316 e. The van der Waals surface area contributed by atoms with Crippen molar-refractivity contribution in [2.45, 2.75) is 43.3 Å². The van der Waals surface area contributed by atoms with Crippen LogP contribution in [-0.2, 0) is 0 Å². The fourth-order valence-corrected chi connectivity index (χ4v) is 4.61. The third-order valence-corrected chi connectivity index (χ3v) is 6.10. The normalized spacial score (nSPS) is 14.5. The van der Waals surface area contributed by atoms with Gasteiger partial charge in [0.2, 0.25) is 5.82 Å². The number of hydrogen-bond acceptors (Lipinski definition) is 6. The van der Waals surface area contributed by atoms with Crippen LogP contribution in [0, 0.1) is 0 Å². The van der Waals surface area contributed by atoms with Crippen molar-refractivity contribution in [3.8, 4) is 11.6 Å². The molecule has 1 aliphatic carbocycles. The molecule has 2 aromatic heterocycles. The van der Waals surface area contributed by atoms with Crippen molar-refractivity contribution in [2.75, 3.05) is 11.1 Å². The Hall–Kier alpha value is -3.07. The first-order chi connectivity index (χ1) is 14.6. The molecule has 3 aromatic rings. The first kappa shape index (κ1) is 20.2. The van der Waals surface area contributed by atoms with Crippen LogP contribution in [0.4, 0.5) is 10.5 Å². The number of hydrogen-bond donors (Lipinski definition) is 2. The van der Waals surface area contributed by atoms with E-state index < -0.39 is 6.03 Å². The smallest absolute Gasteiger partial charge is 0.316 e. The Kier molecular flexibility index (Phi) is 6.18. The lowest BCUT2D eigenvalue weighted by atomic mass is 9.95. The molecule has 0 radical (unpaired) electrons. The number of ketones is 1. The second kappa shape index (κ2) is 9.17. The summed E-state index contributed by atoms with van der Waals surface area (Å²) in [6.07, 6.45) is 7.37. The zero-order chi connectivity index (χ0) is 20.9. The number of nitrogens with two attached hydrogens (primary N) is 1. The highest BCUT2D eigenvalue weighted by atomic mass is 32.2. The number of Topliss-reactive ketones (excluding diaryl/α,β-unsaturated/α-hetero) is 1. The predicted molar refractivity (Wildman–Crippen MR) is 115 cm³/mol. The van der Waals surface area contributed by atoms with Gasteiger partial charge in [-0.15, -0.1) is 10.2 Å². The number of thioether (sulfide) groups is 1. The second-order valence-corrected chi connectivity index (χ2v) is 8.17. The van der Waals surface area contributed by atoms with Crippen molar-refractivity contribution in [1.29, 1.82) is 0 Å². The lowest BCUT2D eigenvalue weighted by Crippen LogP contribution is -2.19. The number of carbonyl (C=O) groups excluding carboxylic acids is 2. The molecule has 1 aromatic carbocycles. The number of furan rings is 1. The molecule has 30 heavy (non-hydrogen) atoms. The van der Waals surface area contributed by atoms with E-state index >= 15 is 0 Å². The number of anilines is 1. The van der Waals surface area contributed by atoms with Gasteiger partial charge in [-0.25, -0.2) is 4.79 Å². The minimum absolute atomic E-state index is 0.0247. The van der Waals surface area contributed by atoms with E-state index in [1.807, 2.05) is 12.1 Å². The lowest BCUT2D eigenvalue weighted by Gasteiger charge is -2.25. The molecular formula is C21H23N5O3S. The van der Waals surface area contributed by atoms with E-state index in [0.29, 0.717) is 28.9 Å². The standard InChI is InChI=1S/C21H23N5O3S/c22-20(28)23-15-10-8-14(9-11-15)17(27)13-30-21-25-24-19(18-7-4-12-29-18)26(21)16-5-2-1-3-6-16/h4,7-12,16H,1-3,5-6,13H2,(H3,22,23,28). The number of amides is 2. The first-order valence-electron chi connectivity index (χ1n) is 9.93. The Balaban J connectivity index is 1.50. The van der Waals surface area contributed by atoms with Gasteiger partial charge in [-0.1, -0.05) is 31.0 Å². The highest BCUT2D eigenvalue weighted by Gasteiger charge is 2.25. The van der Waals surface area contributed by atoms with E-state index in [-0.39, 0.29) is 11.5 Å². The van der Waals surface area contributed by atoms with Gasteiger partial charge in [0.25, 0.3) is 0 Å². The Labute approximate surface area is 178 Å². The van der Waals surface area contributed by atoms with Gasteiger partial charge in [0.15, 0.2) is 16.7 Å². The molecule has 1 aliphatic rings. The molecule has 0 aliphatic heterocycles. The molecule has 0 unspecified atom stereocenters. The largest absolute Gasteiger partial charge is 0.461 e. The van der Waals surface area contributed by atoms with E-state index in [9.17, 15) is 9.59 Å². The average molecular weight is 426 g/mol. The van der Waals surface area contributed by atoms with Crippen LogP contribution < -0.4 is 11.1 Å². The van der Waals surface area contributed by atoms with Gasteiger partial charge in [-0.3, -0.25) is 9.36 Å². The Bertz CT molecular complexity index is 1010. The van der Waals surface area contributed by atoms with E-state index in [4.69, 9.17) is 10.2 Å². The number of carbonyl (C=O) groups is 2. The topological polar surface area (TPSA) is 116 Å². The molecule has 0 bridgehead atoms. The molecular weight excluding hydrogens is 402 g/mol. The van der Waals surface area contributed by atoms with E-state index in [0.717, 1.165) is 18.0 Å². The molecule has 8 nitrogen and oxygen atoms in total. The number of benzene rings is 1. The van der Waals surface area contributed by atoms with Gasteiger partial charge >= 0.3 is 6.03 Å². The van der Waals surface area contributed by atoms with Crippen molar-refractivity contribution in [1.82, 2.24) is 14.8 Å². The molecule has 156 valence electrons. The number of rotatable bonds is 7. The Morgan fingerprint density at radius 2 is 1.90 bits per heavy atom. The quantitative estimate of drug-likeness (QED) is 0.425. The maximum absolute atomic E-state index is 12.7. The van der Waals surface area contributed by atoms with Crippen LogP contribution in [0.15, 0.2) is 52.2 Å². The number of primary amides is 1. The van der Waals surface area contributed by atoms with E-state index in [1.54, 1.807) is 30.5 Å². The third-order valence-electron chi connectivity index (χ3n) is 5.15. The summed E-state index contributed by atoms with van der Waals surface area (Å²) in [5.74, 6) is 1.61. The zero-order valence-corrected chi connectivity index (χ0v) is 17.2. The second-order valence-electron chi connectivity index (χ2n) is 7.22. The summed E-state index contributed by atoms with van der Waals surface area (Å²) in [4.78, 5) is 23.6. The van der Waals surface area contributed by atoms with Gasteiger partial charge in [0.05, 0.1) is 12.0 Å². The summed E-state index contributed by atoms with van der Waals surface area (Å²) in [6, 6.07) is 10.0. The van der Waals surface area contributed by atoms with E-state index in [1.165, 1.54) is 31.0 Å². The van der Waals surface area contributed by atoms with Gasteiger partial charge in [0, 0.05) is 17.3 Å². The summed E-state index contributed by atoms with van der Waals surface area (Å²) < 4.78 is 7.69. The molecule has 9 heteroatoms. The van der Waals surface area contributed by atoms with Crippen molar-refractivity contribution in [3.05, 3.63) is 48.2 Å². The van der Waals surface area contributed by atoms with Gasteiger partial charge in [-0.05, 0) is 49.2 Å². The fourth-order valence-electron chi connectivity index (χ4n) is 3.71. The Morgan fingerprint density at radius 1 is 1.13 bits per heavy atom. The van der Waals surface area contributed by atoms with Crippen LogP contribution in [0.3, 0.4) is 0 Å². The van der Waals surface area contributed by atoms with Crippen molar-refractivity contribution >= 4 is 29.3 Å². The number of urea groups is 1. The Morgan fingerprint density at radius 3 is 2.57 bits per heavy atom. The van der Waals surface area contributed by atoms with Crippen molar-refractivity contribution < 1.29 is 14.0 Å². The van der Waals surface area contributed by atoms with Crippen LogP contribution in [0.1, 0.15) is 48.5 Å². The molecule has 2 heterocycles. The summed E-state index contributed by atoms with van der Waals surface area (Å²) in [6.45, 7) is 0. The SMILES string of the molecule is NC(=O)Nc1ccc(C(=O)CSc2nnc(-c3ccco3)n2C2CCCCC2)cc1. The van der Waals surface area contributed by atoms with Gasteiger partial charge in [-0.2, -0.15) is 0 Å². The monoisotopic (exact) mass is 425 g/mol. The number of nitrogens with zero attached hydrogens (tertiary/aromatic N) is 3. The van der Waals surface area contributed by atoms with Crippen LogP contribution in [0.25, 0.3) is 11.6 Å².